The Morgan fingerprint density at radius 2 is 0.938 bits per heavy atom. The molecule has 8 aromatic rings. The summed E-state index contributed by atoms with van der Waals surface area (Å²) < 4.78 is 14.6. The van der Waals surface area contributed by atoms with Crippen molar-refractivity contribution in [1.29, 1.82) is 0 Å². The number of benzene rings is 4. The molecule has 10 heteroatoms. The molecule has 0 saturated heterocycles. The highest BCUT2D eigenvalue weighted by Crippen LogP contribution is 2.37. The first-order valence-corrected chi connectivity index (χ1v) is 15.7. The van der Waals surface area contributed by atoms with Crippen LogP contribution in [0.5, 0.6) is 0 Å². The van der Waals surface area contributed by atoms with Gasteiger partial charge in [0.15, 0.2) is 11.3 Å². The topological polar surface area (TPSA) is 114 Å². The molecule has 0 aliphatic rings. The molecule has 8 rings (SSSR count). The zero-order valence-corrected chi connectivity index (χ0v) is 27.4. The number of nitrogens with zero attached hydrogens (tertiary/aromatic N) is 6. The van der Waals surface area contributed by atoms with Gasteiger partial charge >= 0.3 is 12.2 Å². The van der Waals surface area contributed by atoms with E-state index in [4.69, 9.17) is 29.4 Å². The molecule has 0 fully saturated rings. The molecule has 0 unspecified atom stereocenters. The van der Waals surface area contributed by atoms with Gasteiger partial charge in [-0.25, -0.2) is 38.7 Å². The number of para-hydroxylation sites is 4. The van der Waals surface area contributed by atoms with Crippen molar-refractivity contribution in [3.8, 4) is 11.1 Å². The molecular formula is C38H32N6O4. The Hall–Kier alpha value is -5.90. The smallest absolute Gasteiger partial charge is 0.420 e. The quantitative estimate of drug-likeness (QED) is 0.175. The second-order valence-electron chi connectivity index (χ2n) is 13.8. The van der Waals surface area contributed by atoms with Gasteiger partial charge in [-0.1, -0.05) is 60.7 Å². The minimum absolute atomic E-state index is 0.402. The summed E-state index contributed by atoms with van der Waals surface area (Å²) in [4.78, 5) is 47.3. The van der Waals surface area contributed by atoms with Gasteiger partial charge < -0.3 is 9.47 Å². The number of ether oxygens (including phenoxy) is 2. The predicted molar refractivity (Wildman–Crippen MR) is 187 cm³/mol. The van der Waals surface area contributed by atoms with Crippen molar-refractivity contribution in [3.05, 3.63) is 84.9 Å². The van der Waals surface area contributed by atoms with Crippen LogP contribution in [0.25, 0.3) is 77.3 Å². The maximum Gasteiger partial charge on any atom is 0.420 e. The second kappa shape index (κ2) is 10.3. The summed E-state index contributed by atoms with van der Waals surface area (Å²) in [5.41, 5.74) is 6.00. The number of carbonyl (C=O) groups excluding carboxylic acids is 2. The van der Waals surface area contributed by atoms with E-state index in [9.17, 15) is 9.59 Å². The fraction of sp³-hybridized carbons (Fsp3) is 0.211. The van der Waals surface area contributed by atoms with Gasteiger partial charge in [-0.05, 0) is 65.8 Å². The van der Waals surface area contributed by atoms with E-state index in [-0.39, 0.29) is 0 Å². The fourth-order valence-corrected chi connectivity index (χ4v) is 6.19. The number of fused-ring (bicyclic) bond motifs is 8. The third-order valence-corrected chi connectivity index (χ3v) is 8.02. The Kier molecular flexibility index (Phi) is 6.33. The van der Waals surface area contributed by atoms with Crippen LogP contribution in [0.3, 0.4) is 0 Å². The summed E-state index contributed by atoms with van der Waals surface area (Å²) in [5.74, 6) is 0. The Balaban J connectivity index is 1.40. The maximum absolute atomic E-state index is 13.6. The second-order valence-corrected chi connectivity index (χ2v) is 13.8. The molecule has 4 aromatic heterocycles. The Bertz CT molecular complexity index is 2640. The van der Waals surface area contributed by atoms with Crippen molar-refractivity contribution < 1.29 is 19.1 Å². The molecule has 0 atom stereocenters. The molecule has 0 radical (unpaired) electrons. The van der Waals surface area contributed by atoms with E-state index in [2.05, 4.69) is 0 Å². The van der Waals surface area contributed by atoms with Crippen molar-refractivity contribution in [1.82, 2.24) is 29.1 Å². The van der Waals surface area contributed by atoms with Crippen molar-refractivity contribution in [2.75, 3.05) is 0 Å². The minimum Gasteiger partial charge on any atom is -0.443 e. The molecule has 0 amide bonds. The van der Waals surface area contributed by atoms with Crippen LogP contribution in [0.15, 0.2) is 84.9 Å². The highest BCUT2D eigenvalue weighted by molar-refractivity contribution is 6.14. The zero-order chi connectivity index (χ0) is 33.5. The van der Waals surface area contributed by atoms with Gasteiger partial charge in [-0.2, -0.15) is 0 Å². The molecule has 48 heavy (non-hydrogen) atoms. The fourth-order valence-electron chi connectivity index (χ4n) is 6.19. The van der Waals surface area contributed by atoms with E-state index in [1.54, 1.807) is 0 Å². The predicted octanol–water partition coefficient (Wildman–Crippen LogP) is 9.02. The van der Waals surface area contributed by atoms with Gasteiger partial charge in [-0.15, -0.1) is 0 Å². The van der Waals surface area contributed by atoms with Gasteiger partial charge in [0.25, 0.3) is 0 Å². The molecule has 4 aromatic carbocycles. The highest BCUT2D eigenvalue weighted by atomic mass is 16.6. The Morgan fingerprint density at radius 3 is 1.46 bits per heavy atom. The van der Waals surface area contributed by atoms with Gasteiger partial charge in [0.2, 0.25) is 0 Å². The van der Waals surface area contributed by atoms with Gasteiger partial charge in [0.1, 0.15) is 22.2 Å². The van der Waals surface area contributed by atoms with Crippen molar-refractivity contribution in [2.45, 2.75) is 52.7 Å². The Labute approximate surface area is 274 Å². The first kappa shape index (κ1) is 29.5. The molecule has 0 saturated carbocycles. The lowest BCUT2D eigenvalue weighted by atomic mass is 10.0. The summed E-state index contributed by atoms with van der Waals surface area (Å²) in [5, 5.41) is 1.59. The lowest BCUT2D eigenvalue weighted by molar-refractivity contribution is 0.0539. The van der Waals surface area contributed by atoms with Crippen molar-refractivity contribution in [2.24, 2.45) is 0 Å². The third kappa shape index (κ3) is 4.71. The number of carbonyl (C=O) groups is 2. The number of hydrogen-bond acceptors (Lipinski definition) is 8. The summed E-state index contributed by atoms with van der Waals surface area (Å²) in [6.07, 6.45) is -1.05. The number of hydrogen-bond donors (Lipinski definition) is 0. The van der Waals surface area contributed by atoms with Crippen LogP contribution in [-0.4, -0.2) is 52.5 Å². The third-order valence-electron chi connectivity index (χ3n) is 8.02. The van der Waals surface area contributed by atoms with Crippen LogP contribution in [0.4, 0.5) is 9.59 Å². The largest absolute Gasteiger partial charge is 0.443 e. The Morgan fingerprint density at radius 1 is 0.500 bits per heavy atom. The SMILES string of the molecule is CC(C)(C)OC(=O)n1c2ccccc2c2nc3c(-c4cccc5nc6c7ccccc7n(C(=O)OC(C)(C)C)c6nc45)cccc3nc21. The molecule has 0 aliphatic heterocycles. The van der Waals surface area contributed by atoms with Gasteiger partial charge in [0, 0.05) is 21.9 Å². The summed E-state index contributed by atoms with van der Waals surface area (Å²) >= 11 is 0. The molecule has 238 valence electrons. The van der Waals surface area contributed by atoms with E-state index in [0.717, 1.165) is 21.9 Å². The van der Waals surface area contributed by atoms with Crippen LogP contribution < -0.4 is 0 Å². The number of rotatable bonds is 1. The first-order valence-electron chi connectivity index (χ1n) is 15.7. The average Bonchev–Trinajstić information content (AvgIpc) is 3.52. The lowest BCUT2D eigenvalue weighted by Crippen LogP contribution is -2.27. The molecule has 0 N–H and O–H groups in total. The van der Waals surface area contributed by atoms with Gasteiger partial charge in [-0.3, -0.25) is 0 Å². The van der Waals surface area contributed by atoms with E-state index in [1.165, 1.54) is 9.13 Å². The minimum atomic E-state index is -0.705. The van der Waals surface area contributed by atoms with E-state index in [0.29, 0.717) is 55.4 Å². The molecule has 10 nitrogen and oxygen atoms in total. The maximum atomic E-state index is 13.6. The van der Waals surface area contributed by atoms with Crippen LogP contribution in [0, 0.1) is 0 Å². The lowest BCUT2D eigenvalue weighted by Gasteiger charge is -2.20. The van der Waals surface area contributed by atoms with Crippen molar-refractivity contribution in [3.63, 3.8) is 0 Å². The molecular weight excluding hydrogens is 604 g/mol. The first-order chi connectivity index (χ1) is 22.9. The van der Waals surface area contributed by atoms with E-state index in [1.807, 2.05) is 126 Å². The van der Waals surface area contributed by atoms with E-state index >= 15 is 0 Å². The summed E-state index contributed by atoms with van der Waals surface area (Å²) in [7, 11) is 0. The van der Waals surface area contributed by atoms with Crippen LogP contribution in [0.2, 0.25) is 0 Å². The average molecular weight is 637 g/mol. The van der Waals surface area contributed by atoms with E-state index < -0.39 is 23.4 Å². The summed E-state index contributed by atoms with van der Waals surface area (Å²) in [6, 6.07) is 26.7. The molecule has 4 heterocycles. The molecule has 0 aliphatic carbocycles. The standard InChI is InChI=1S/C38H32N6O4/c1-37(2,3)47-35(45)43-28-20-10-8-14-24(28)32-33(43)40-26-18-12-15-21(29(26)41-32)22-16-11-17-25-30(22)42-34-31(39-25)23-13-7-9-19-27(23)44(34)36(46)48-38(4,5)6/h7-20H,1-6H3. The highest BCUT2D eigenvalue weighted by Gasteiger charge is 2.27. The van der Waals surface area contributed by atoms with Gasteiger partial charge in [0.05, 0.1) is 33.1 Å². The zero-order valence-electron chi connectivity index (χ0n) is 27.4. The monoisotopic (exact) mass is 636 g/mol. The van der Waals surface area contributed by atoms with Crippen LogP contribution in [-0.2, 0) is 9.47 Å². The summed E-state index contributed by atoms with van der Waals surface area (Å²) in [6.45, 7) is 11.0. The molecule has 0 bridgehead atoms. The van der Waals surface area contributed by atoms with Crippen LogP contribution in [0.1, 0.15) is 41.5 Å². The number of aromatic nitrogens is 6. The molecule has 0 spiro atoms. The van der Waals surface area contributed by atoms with Crippen molar-refractivity contribution >= 4 is 78.4 Å². The van der Waals surface area contributed by atoms with Crippen LogP contribution >= 0.6 is 0 Å². The normalized spacial score (nSPS) is 12.5.